The van der Waals surface area contributed by atoms with Crippen LogP contribution in [0.2, 0.25) is 0 Å². The Hall–Kier alpha value is -2.68. The molecular formula is C19H24N6O6S2. The summed E-state index contributed by atoms with van der Waals surface area (Å²) >= 11 is 2.51. The number of fused-ring (bicyclic) bond motifs is 1. The van der Waals surface area contributed by atoms with Gasteiger partial charge in [-0.15, -0.1) is 23.1 Å². The molecule has 1 aromatic heterocycles. The van der Waals surface area contributed by atoms with Gasteiger partial charge in [-0.25, -0.2) is 9.78 Å². The van der Waals surface area contributed by atoms with Gasteiger partial charge in [-0.2, -0.15) is 0 Å². The van der Waals surface area contributed by atoms with E-state index in [-0.39, 0.29) is 28.3 Å². The Morgan fingerprint density at radius 1 is 1.45 bits per heavy atom. The Balaban J connectivity index is 1.50. The molecule has 0 radical (unpaired) electrons. The van der Waals surface area contributed by atoms with Crippen molar-refractivity contribution >= 4 is 51.7 Å². The first-order chi connectivity index (χ1) is 15.7. The molecule has 2 fully saturated rings. The van der Waals surface area contributed by atoms with Gasteiger partial charge in [-0.05, 0) is 18.9 Å². The number of carbonyl (C=O) groups is 3. The van der Waals surface area contributed by atoms with E-state index in [2.05, 4.69) is 15.5 Å². The van der Waals surface area contributed by atoms with Crippen molar-refractivity contribution in [1.29, 1.82) is 0 Å². The van der Waals surface area contributed by atoms with E-state index in [9.17, 15) is 24.6 Å². The number of carboxylic acids is 1. The number of thiazole rings is 1. The summed E-state index contributed by atoms with van der Waals surface area (Å²) in [6.07, 6.45) is 0.170. The van der Waals surface area contributed by atoms with Crippen LogP contribution in [0.15, 0.2) is 21.8 Å². The van der Waals surface area contributed by atoms with Crippen LogP contribution in [-0.4, -0.2) is 98.0 Å². The lowest BCUT2D eigenvalue weighted by molar-refractivity contribution is -0.150. The number of nitrogen functional groups attached to an aromatic ring is 1. The number of thioether (sulfide) groups is 1. The van der Waals surface area contributed by atoms with Gasteiger partial charge in [-0.1, -0.05) is 5.16 Å². The summed E-state index contributed by atoms with van der Waals surface area (Å²) in [5, 5.41) is 27.4. The average Bonchev–Trinajstić information content (AvgIpc) is 3.35. The lowest BCUT2D eigenvalue weighted by atomic mass is 10.0. The van der Waals surface area contributed by atoms with E-state index in [4.69, 9.17) is 10.6 Å². The molecule has 14 heteroatoms. The number of aliphatic hydroxyl groups excluding tert-OH is 1. The van der Waals surface area contributed by atoms with Crippen LogP contribution in [0.4, 0.5) is 5.13 Å². The summed E-state index contributed by atoms with van der Waals surface area (Å²) in [5.41, 5.74) is 6.27. The topological polar surface area (TPSA) is 171 Å². The van der Waals surface area contributed by atoms with Crippen LogP contribution in [0.25, 0.3) is 0 Å². The molecule has 3 aliphatic rings. The van der Waals surface area contributed by atoms with Crippen molar-refractivity contribution < 1.29 is 29.4 Å². The van der Waals surface area contributed by atoms with Crippen LogP contribution < -0.4 is 11.1 Å². The van der Waals surface area contributed by atoms with Crippen LogP contribution in [0.1, 0.15) is 19.0 Å². The molecule has 33 heavy (non-hydrogen) atoms. The molecule has 0 aliphatic carbocycles. The number of carbonyl (C=O) groups excluding carboxylic acids is 2. The maximum Gasteiger partial charge on any atom is 0.352 e. The quantitative estimate of drug-likeness (QED) is 0.214. The Bertz CT molecular complexity index is 1040. The fourth-order valence-corrected chi connectivity index (χ4v) is 6.04. The second kappa shape index (κ2) is 9.29. The number of aromatic nitrogens is 1. The maximum absolute atomic E-state index is 12.9. The summed E-state index contributed by atoms with van der Waals surface area (Å²) in [4.78, 5) is 49.8. The fourth-order valence-electron chi connectivity index (χ4n) is 4.16. The second-order valence-corrected chi connectivity index (χ2v) is 9.87. The third-order valence-electron chi connectivity index (χ3n) is 5.94. The van der Waals surface area contributed by atoms with Gasteiger partial charge in [0.2, 0.25) is 0 Å². The van der Waals surface area contributed by atoms with Crippen LogP contribution in [0.3, 0.4) is 0 Å². The molecule has 0 spiro atoms. The molecule has 3 aliphatic heterocycles. The third-order valence-corrected chi connectivity index (χ3v) is 7.95. The molecule has 5 N–H and O–H groups in total. The molecule has 3 unspecified atom stereocenters. The minimum absolute atomic E-state index is 0.0547. The van der Waals surface area contributed by atoms with E-state index in [1.165, 1.54) is 23.8 Å². The number of hydrogen-bond donors (Lipinski definition) is 4. The number of aliphatic carboxylic acids is 1. The highest BCUT2D eigenvalue weighted by Gasteiger charge is 2.54. The van der Waals surface area contributed by atoms with Gasteiger partial charge in [0.05, 0.1) is 6.10 Å². The fraction of sp³-hybridized carbons (Fsp3) is 0.526. The number of β-lactam (4-membered cyclic amide) rings is 1. The van der Waals surface area contributed by atoms with Crippen LogP contribution in [0, 0.1) is 0 Å². The predicted octanol–water partition coefficient (Wildman–Crippen LogP) is -0.730. The number of hydrogen-bond acceptors (Lipinski definition) is 11. The van der Waals surface area contributed by atoms with E-state index >= 15 is 0 Å². The molecule has 2 saturated heterocycles. The smallest absolute Gasteiger partial charge is 0.352 e. The molecule has 0 bridgehead atoms. The number of oxime groups is 1. The van der Waals surface area contributed by atoms with Crippen LogP contribution >= 0.6 is 23.1 Å². The van der Waals surface area contributed by atoms with Crippen LogP contribution in [0.5, 0.6) is 0 Å². The minimum atomic E-state index is -1.19. The average molecular weight is 497 g/mol. The summed E-state index contributed by atoms with van der Waals surface area (Å²) in [7, 11) is 1.28. The SMILES string of the molecule is CO/N=C(\C(=O)NC1C(=O)N2C(C(=O)O)=C(CN3CCC(O)C3C)CS[C@@H]12)c1csc(N)n1. The standard InChI is InChI=1S/C19H24N6O6S2/c1-8-11(26)3-4-24(8)5-9-6-32-17-13(16(28)25(17)14(9)18(29)30)22-15(27)12(23-31-2)10-7-33-19(20)21-10/h7-8,11,13,17,26H,3-6H2,1-2H3,(H2,20,21)(H,22,27)(H,29,30)/b23-12-/t8?,11?,13?,17-/m0/s1. The number of rotatable bonds is 7. The lowest BCUT2D eigenvalue weighted by Gasteiger charge is -2.49. The maximum atomic E-state index is 12.9. The molecule has 0 saturated carbocycles. The molecule has 4 heterocycles. The van der Waals surface area contributed by atoms with E-state index in [0.717, 1.165) is 11.3 Å². The molecule has 12 nitrogen and oxygen atoms in total. The van der Waals surface area contributed by atoms with E-state index < -0.39 is 35.3 Å². The van der Waals surface area contributed by atoms with Crippen molar-refractivity contribution in [2.45, 2.75) is 36.9 Å². The van der Waals surface area contributed by atoms with E-state index in [1.807, 2.05) is 11.8 Å². The van der Waals surface area contributed by atoms with Gasteiger partial charge in [0.25, 0.3) is 11.8 Å². The molecule has 4 atom stereocenters. The van der Waals surface area contributed by atoms with Crippen molar-refractivity contribution in [3.63, 3.8) is 0 Å². The molecular weight excluding hydrogens is 472 g/mol. The summed E-state index contributed by atoms with van der Waals surface area (Å²) in [6, 6.07) is -1.00. The minimum Gasteiger partial charge on any atom is -0.477 e. The number of carboxylic acid groups (broad SMARTS) is 1. The van der Waals surface area contributed by atoms with Gasteiger partial charge < -0.3 is 26.1 Å². The lowest BCUT2D eigenvalue weighted by Crippen LogP contribution is -2.71. The van der Waals surface area contributed by atoms with Gasteiger partial charge in [0.15, 0.2) is 10.8 Å². The molecule has 2 amide bonds. The van der Waals surface area contributed by atoms with Gasteiger partial charge in [0, 0.05) is 30.3 Å². The van der Waals surface area contributed by atoms with Crippen molar-refractivity contribution in [3.05, 3.63) is 22.3 Å². The Labute approximate surface area is 197 Å². The summed E-state index contributed by atoms with van der Waals surface area (Å²) < 4.78 is 0. The number of likely N-dealkylation sites (tertiary alicyclic amines) is 1. The van der Waals surface area contributed by atoms with Crippen molar-refractivity contribution in [1.82, 2.24) is 20.1 Å². The first kappa shape index (κ1) is 23.5. The Morgan fingerprint density at radius 2 is 2.21 bits per heavy atom. The largest absolute Gasteiger partial charge is 0.477 e. The number of nitrogens with zero attached hydrogens (tertiary/aromatic N) is 4. The van der Waals surface area contributed by atoms with E-state index in [0.29, 0.717) is 30.8 Å². The zero-order valence-electron chi connectivity index (χ0n) is 17.9. The highest BCUT2D eigenvalue weighted by atomic mass is 32.2. The third kappa shape index (κ3) is 4.30. The van der Waals surface area contributed by atoms with Gasteiger partial charge in [0.1, 0.15) is 29.9 Å². The zero-order valence-corrected chi connectivity index (χ0v) is 19.6. The molecule has 0 aromatic carbocycles. The van der Waals surface area contributed by atoms with Crippen molar-refractivity contribution in [2.24, 2.45) is 5.16 Å². The second-order valence-electron chi connectivity index (χ2n) is 7.88. The molecule has 1 aromatic rings. The first-order valence-electron chi connectivity index (χ1n) is 10.2. The number of nitrogens with one attached hydrogen (secondary N) is 1. The Kier molecular flexibility index (Phi) is 6.61. The normalized spacial score (nSPS) is 27.9. The number of anilines is 1. The first-order valence-corrected chi connectivity index (χ1v) is 12.1. The monoisotopic (exact) mass is 496 g/mol. The number of amides is 2. The van der Waals surface area contributed by atoms with Crippen LogP contribution in [-0.2, 0) is 19.2 Å². The zero-order chi connectivity index (χ0) is 23.9. The Morgan fingerprint density at radius 3 is 2.79 bits per heavy atom. The highest BCUT2D eigenvalue weighted by Crippen LogP contribution is 2.41. The summed E-state index contributed by atoms with van der Waals surface area (Å²) in [6.45, 7) is 2.91. The highest BCUT2D eigenvalue weighted by molar-refractivity contribution is 8.00. The van der Waals surface area contributed by atoms with Gasteiger partial charge in [-0.3, -0.25) is 19.4 Å². The van der Waals surface area contributed by atoms with E-state index in [1.54, 1.807) is 5.38 Å². The molecule has 178 valence electrons. The van der Waals surface area contributed by atoms with Crippen molar-refractivity contribution in [3.8, 4) is 0 Å². The molecule has 4 rings (SSSR count). The van der Waals surface area contributed by atoms with Gasteiger partial charge >= 0.3 is 5.97 Å². The van der Waals surface area contributed by atoms with Crippen molar-refractivity contribution in [2.75, 3.05) is 31.7 Å². The number of aliphatic hydroxyl groups is 1. The predicted molar refractivity (Wildman–Crippen MR) is 121 cm³/mol. The summed E-state index contributed by atoms with van der Waals surface area (Å²) in [5.74, 6) is -1.99. The number of nitrogens with two attached hydrogens (primary N) is 1.